The van der Waals surface area contributed by atoms with E-state index < -0.39 is 22.6 Å². The third-order valence-electron chi connectivity index (χ3n) is 12.1. The predicted molar refractivity (Wildman–Crippen MR) is 136 cm³/mol. The summed E-state index contributed by atoms with van der Waals surface area (Å²) in [4.78, 5) is 38.4. The molecule has 6 heteroatoms. The van der Waals surface area contributed by atoms with Crippen LogP contribution in [0.1, 0.15) is 86.5 Å². The molecule has 5 aliphatic rings. The Morgan fingerprint density at radius 2 is 1.61 bits per heavy atom. The number of hydrogen-bond donors (Lipinski definition) is 2. The number of allylic oxidation sites excluding steroid dienone is 4. The van der Waals surface area contributed by atoms with Crippen LogP contribution in [0, 0.1) is 33.0 Å². The number of hydrogen-bond acceptors (Lipinski definition) is 5. The molecule has 3 fully saturated rings. The van der Waals surface area contributed by atoms with Crippen LogP contribution in [-0.2, 0) is 19.1 Å². The molecule has 0 radical (unpaired) electrons. The number of amides is 1. The molecular formula is C30H41NO5. The number of ketones is 2. The molecule has 0 aromatic rings. The highest BCUT2D eigenvalue weighted by Crippen LogP contribution is 2.75. The van der Waals surface area contributed by atoms with Crippen molar-refractivity contribution in [3.05, 3.63) is 34.9 Å². The fraction of sp³-hybridized carbons (Fsp3) is 0.700. The first kappa shape index (κ1) is 25.6. The molecule has 36 heavy (non-hydrogen) atoms. The van der Waals surface area contributed by atoms with E-state index in [1.807, 2.05) is 18.5 Å². The normalized spacial score (nSPS) is 47.9. The average Bonchev–Trinajstić information content (AvgIpc) is 2.85. The summed E-state index contributed by atoms with van der Waals surface area (Å²) in [5.41, 5.74) is 2.77. The molecule has 0 spiro atoms. The van der Waals surface area contributed by atoms with Crippen molar-refractivity contribution in [1.82, 2.24) is 5.48 Å². The second-order valence-electron chi connectivity index (χ2n) is 13.6. The Labute approximate surface area is 214 Å². The SMILES string of the molecule is COC1(C)C(=O)C(=O)C=C2C1=CC=C1C2(C)CCC2(C)C3CC(C)(C(=O)NO)CCC3(C)CCC12C. The van der Waals surface area contributed by atoms with Crippen LogP contribution in [0.2, 0.25) is 0 Å². The van der Waals surface area contributed by atoms with E-state index in [1.165, 1.54) is 12.7 Å². The van der Waals surface area contributed by atoms with E-state index in [9.17, 15) is 19.6 Å². The maximum Gasteiger partial charge on any atom is 0.249 e. The van der Waals surface area contributed by atoms with Gasteiger partial charge in [-0.1, -0.05) is 52.3 Å². The molecule has 0 saturated heterocycles. The molecule has 0 aromatic heterocycles. The summed E-state index contributed by atoms with van der Waals surface area (Å²) in [6.45, 7) is 13.1. The van der Waals surface area contributed by atoms with Crippen molar-refractivity contribution in [2.45, 2.75) is 92.1 Å². The topological polar surface area (TPSA) is 92.7 Å². The maximum absolute atomic E-state index is 12.8. The van der Waals surface area contributed by atoms with Gasteiger partial charge >= 0.3 is 0 Å². The van der Waals surface area contributed by atoms with E-state index in [0.717, 1.165) is 56.1 Å². The smallest absolute Gasteiger partial charge is 0.249 e. The van der Waals surface area contributed by atoms with Gasteiger partial charge < -0.3 is 4.74 Å². The van der Waals surface area contributed by atoms with Crippen molar-refractivity contribution in [2.75, 3.05) is 7.11 Å². The highest BCUT2D eigenvalue weighted by Gasteiger charge is 2.68. The van der Waals surface area contributed by atoms with Crippen molar-refractivity contribution in [3.8, 4) is 0 Å². The lowest BCUT2D eigenvalue weighted by Crippen LogP contribution is -2.63. The van der Waals surface area contributed by atoms with Crippen LogP contribution in [0.25, 0.3) is 0 Å². The van der Waals surface area contributed by atoms with Gasteiger partial charge in [-0.3, -0.25) is 19.6 Å². The summed E-state index contributed by atoms with van der Waals surface area (Å²) in [6, 6.07) is 0. The number of carbonyl (C=O) groups is 3. The third kappa shape index (κ3) is 2.89. The van der Waals surface area contributed by atoms with Crippen LogP contribution in [0.5, 0.6) is 0 Å². The zero-order chi connectivity index (χ0) is 26.5. The molecule has 0 aromatic carbocycles. The Balaban J connectivity index is 1.64. The van der Waals surface area contributed by atoms with Crippen molar-refractivity contribution in [1.29, 1.82) is 0 Å². The maximum atomic E-state index is 12.8. The van der Waals surface area contributed by atoms with Gasteiger partial charge in [0.1, 0.15) is 0 Å². The molecule has 3 saturated carbocycles. The van der Waals surface area contributed by atoms with E-state index in [-0.39, 0.29) is 27.6 Å². The van der Waals surface area contributed by atoms with Crippen LogP contribution >= 0.6 is 0 Å². The Hall–Kier alpha value is -2.05. The van der Waals surface area contributed by atoms with E-state index in [4.69, 9.17) is 4.74 Å². The van der Waals surface area contributed by atoms with E-state index in [2.05, 4.69) is 33.8 Å². The minimum absolute atomic E-state index is 0.0479. The summed E-state index contributed by atoms with van der Waals surface area (Å²) >= 11 is 0. The molecule has 0 bridgehead atoms. The van der Waals surface area contributed by atoms with Gasteiger partial charge in [-0.05, 0) is 91.3 Å². The van der Waals surface area contributed by atoms with E-state index in [0.29, 0.717) is 5.92 Å². The van der Waals surface area contributed by atoms with Gasteiger partial charge in [0.25, 0.3) is 0 Å². The van der Waals surface area contributed by atoms with Gasteiger partial charge in [-0.15, -0.1) is 0 Å². The average molecular weight is 496 g/mol. The highest BCUT2D eigenvalue weighted by atomic mass is 16.5. The molecule has 0 aliphatic heterocycles. The summed E-state index contributed by atoms with van der Waals surface area (Å²) in [5, 5.41) is 9.48. The van der Waals surface area contributed by atoms with Gasteiger partial charge in [0, 0.05) is 17.9 Å². The molecule has 5 rings (SSSR count). The molecule has 196 valence electrons. The van der Waals surface area contributed by atoms with Gasteiger partial charge in [-0.25, -0.2) is 5.48 Å². The largest absolute Gasteiger partial charge is 0.365 e. The van der Waals surface area contributed by atoms with Crippen LogP contribution in [0.4, 0.5) is 0 Å². The quantitative estimate of drug-likeness (QED) is 0.310. The molecule has 5 aliphatic carbocycles. The zero-order valence-corrected chi connectivity index (χ0v) is 22.8. The standard InChI is InChI=1S/C30H41NO5/c1-25-10-11-26(2,24(34)31-35)17-22(25)29(5)15-13-27(3)19-16-20(32)23(33)30(6,36-7)18(19)8-9-21(27)28(29,4)14-12-25/h8-9,16,22,35H,10-15,17H2,1-7H3,(H,31,34). The minimum atomic E-state index is -1.26. The second kappa shape index (κ2) is 7.50. The van der Waals surface area contributed by atoms with Crippen molar-refractivity contribution < 1.29 is 24.3 Å². The number of carbonyl (C=O) groups excluding carboxylic acids is 3. The van der Waals surface area contributed by atoms with Crippen molar-refractivity contribution >= 4 is 17.5 Å². The summed E-state index contributed by atoms with van der Waals surface area (Å²) < 4.78 is 5.68. The third-order valence-corrected chi connectivity index (χ3v) is 12.1. The van der Waals surface area contributed by atoms with Crippen molar-refractivity contribution in [3.63, 3.8) is 0 Å². The fourth-order valence-corrected chi connectivity index (χ4v) is 9.13. The number of nitrogens with one attached hydrogen (secondary N) is 1. The summed E-state index contributed by atoms with van der Waals surface area (Å²) in [6.07, 6.45) is 12.3. The lowest BCUT2D eigenvalue weighted by molar-refractivity contribution is -0.173. The Kier molecular flexibility index (Phi) is 5.33. The van der Waals surface area contributed by atoms with Gasteiger partial charge in [0.15, 0.2) is 5.60 Å². The molecule has 0 heterocycles. The lowest BCUT2D eigenvalue weighted by atomic mass is 9.34. The zero-order valence-electron chi connectivity index (χ0n) is 22.8. The molecular weight excluding hydrogens is 454 g/mol. The predicted octanol–water partition coefficient (Wildman–Crippen LogP) is 5.26. The Bertz CT molecular complexity index is 1170. The molecule has 7 atom stereocenters. The van der Waals surface area contributed by atoms with Gasteiger partial charge in [0.05, 0.1) is 0 Å². The molecule has 1 amide bonds. The monoisotopic (exact) mass is 495 g/mol. The van der Waals surface area contributed by atoms with Gasteiger partial charge in [-0.2, -0.15) is 0 Å². The molecule has 6 nitrogen and oxygen atoms in total. The Morgan fingerprint density at radius 3 is 2.25 bits per heavy atom. The van der Waals surface area contributed by atoms with Gasteiger partial charge in [0.2, 0.25) is 17.5 Å². The van der Waals surface area contributed by atoms with E-state index in [1.54, 1.807) is 13.0 Å². The first-order valence-corrected chi connectivity index (χ1v) is 13.4. The Morgan fingerprint density at radius 1 is 0.944 bits per heavy atom. The molecule has 2 N–H and O–H groups in total. The van der Waals surface area contributed by atoms with Crippen LogP contribution in [-0.4, -0.2) is 35.4 Å². The number of rotatable bonds is 2. The number of ether oxygens (including phenoxy) is 1. The number of hydroxylamine groups is 1. The summed E-state index contributed by atoms with van der Waals surface area (Å²) in [7, 11) is 1.50. The van der Waals surface area contributed by atoms with Crippen LogP contribution < -0.4 is 5.48 Å². The van der Waals surface area contributed by atoms with Crippen LogP contribution in [0.15, 0.2) is 34.9 Å². The lowest BCUT2D eigenvalue weighted by Gasteiger charge is -2.70. The van der Waals surface area contributed by atoms with E-state index >= 15 is 0 Å². The van der Waals surface area contributed by atoms with Crippen LogP contribution in [0.3, 0.4) is 0 Å². The minimum Gasteiger partial charge on any atom is -0.365 e. The van der Waals surface area contributed by atoms with Crippen molar-refractivity contribution in [2.24, 2.45) is 33.0 Å². The summed E-state index contributed by atoms with van der Waals surface area (Å²) in [5.74, 6) is -0.950. The number of Topliss-reactive ketones (excluding diaryl/α,β-unsaturated/α-hetero) is 1. The second-order valence-corrected chi connectivity index (χ2v) is 13.6. The fourth-order valence-electron chi connectivity index (χ4n) is 9.13. The first-order chi connectivity index (χ1) is 16.7. The number of fused-ring (bicyclic) bond motifs is 7. The first-order valence-electron chi connectivity index (χ1n) is 13.4. The molecule has 7 unspecified atom stereocenters. The highest BCUT2D eigenvalue weighted by molar-refractivity contribution is 6.46. The number of methoxy groups -OCH3 is 1.